The number of methoxy groups -OCH3 is 1. The predicted molar refractivity (Wildman–Crippen MR) is 155 cm³/mol. The molecule has 5 nitrogen and oxygen atoms in total. The van der Waals surface area contributed by atoms with Gasteiger partial charge in [0.05, 0.1) is 12.9 Å². The molecule has 1 aliphatic carbocycles. The maximum absolute atomic E-state index is 13.8. The summed E-state index contributed by atoms with van der Waals surface area (Å²) < 4.78 is 5.42. The minimum absolute atomic E-state index is 0.0894. The van der Waals surface area contributed by atoms with Crippen LogP contribution in [0.25, 0.3) is 0 Å². The lowest BCUT2D eigenvalue weighted by Gasteiger charge is -2.33. The number of nitrogens with one attached hydrogen (secondary N) is 1. The Labute approximate surface area is 234 Å². The van der Waals surface area contributed by atoms with Crippen molar-refractivity contribution in [1.82, 2.24) is 10.2 Å². The number of carbonyl (C=O) groups excluding carboxylic acids is 2. The summed E-state index contributed by atoms with van der Waals surface area (Å²) in [6, 6.07) is 24.6. The van der Waals surface area contributed by atoms with E-state index >= 15 is 0 Å². The zero-order valence-electron chi connectivity index (χ0n) is 21.8. The predicted octanol–water partition coefficient (Wildman–Crippen LogP) is 6.53. The maximum Gasteiger partial charge on any atom is 0.243 e. The molecule has 1 saturated carbocycles. The molecular weight excluding hydrogens is 516 g/mol. The van der Waals surface area contributed by atoms with Gasteiger partial charge in [-0.25, -0.2) is 0 Å². The van der Waals surface area contributed by atoms with Crippen molar-refractivity contribution in [2.75, 3.05) is 12.9 Å². The van der Waals surface area contributed by atoms with Crippen molar-refractivity contribution >= 4 is 35.2 Å². The summed E-state index contributed by atoms with van der Waals surface area (Å²) in [5.74, 6) is 0.755. The molecule has 0 radical (unpaired) electrons. The molecule has 3 aromatic carbocycles. The Balaban J connectivity index is 1.61. The SMILES string of the molecule is COc1cccc(CN(C(=O)CSc2ccc(Cl)cc2)[C@H](Cc2ccccc2)C(=O)NC2CCCCC2)c1. The number of hydrogen-bond donors (Lipinski definition) is 1. The zero-order valence-corrected chi connectivity index (χ0v) is 23.3. The zero-order chi connectivity index (χ0) is 26.7. The summed E-state index contributed by atoms with van der Waals surface area (Å²) >= 11 is 7.48. The van der Waals surface area contributed by atoms with Crippen LogP contribution in [0.2, 0.25) is 5.02 Å². The third-order valence-electron chi connectivity index (χ3n) is 6.89. The monoisotopic (exact) mass is 550 g/mol. The minimum atomic E-state index is -0.635. The van der Waals surface area contributed by atoms with Gasteiger partial charge < -0.3 is 15.0 Å². The van der Waals surface area contributed by atoms with Gasteiger partial charge in [0.2, 0.25) is 11.8 Å². The van der Waals surface area contributed by atoms with Crippen LogP contribution < -0.4 is 10.1 Å². The number of amides is 2. The highest BCUT2D eigenvalue weighted by atomic mass is 35.5. The lowest BCUT2D eigenvalue weighted by atomic mass is 9.94. The second kappa shape index (κ2) is 14.3. The van der Waals surface area contributed by atoms with Crippen molar-refractivity contribution in [2.45, 2.75) is 62.0 Å². The van der Waals surface area contributed by atoms with E-state index in [1.54, 1.807) is 12.0 Å². The highest BCUT2D eigenvalue weighted by Gasteiger charge is 2.32. The highest BCUT2D eigenvalue weighted by molar-refractivity contribution is 8.00. The van der Waals surface area contributed by atoms with Crippen molar-refractivity contribution in [1.29, 1.82) is 0 Å². The lowest BCUT2D eigenvalue weighted by Crippen LogP contribution is -2.53. The van der Waals surface area contributed by atoms with Gasteiger partial charge in [0.15, 0.2) is 0 Å². The summed E-state index contributed by atoms with van der Waals surface area (Å²) in [6.45, 7) is 0.312. The minimum Gasteiger partial charge on any atom is -0.497 e. The van der Waals surface area contributed by atoms with Gasteiger partial charge in [-0.05, 0) is 60.4 Å². The van der Waals surface area contributed by atoms with Gasteiger partial charge in [0, 0.05) is 28.9 Å². The molecule has 0 aromatic heterocycles. The topological polar surface area (TPSA) is 58.6 Å². The smallest absolute Gasteiger partial charge is 0.243 e. The molecule has 2 amide bonds. The third kappa shape index (κ3) is 8.27. The first-order valence-electron chi connectivity index (χ1n) is 13.2. The Hall–Kier alpha value is -2.96. The van der Waals surface area contributed by atoms with Gasteiger partial charge >= 0.3 is 0 Å². The number of thioether (sulfide) groups is 1. The normalized spacial score (nSPS) is 14.5. The van der Waals surface area contributed by atoms with Gasteiger partial charge in [0.25, 0.3) is 0 Å². The molecule has 1 aliphatic rings. The molecule has 200 valence electrons. The Kier molecular flexibility index (Phi) is 10.5. The lowest BCUT2D eigenvalue weighted by molar-refractivity contribution is -0.139. The van der Waals surface area contributed by atoms with Crippen molar-refractivity contribution in [2.24, 2.45) is 0 Å². The van der Waals surface area contributed by atoms with Crippen molar-refractivity contribution in [3.8, 4) is 5.75 Å². The number of ether oxygens (including phenoxy) is 1. The van der Waals surface area contributed by atoms with Crippen LogP contribution in [0, 0.1) is 0 Å². The molecule has 1 atom stereocenters. The molecule has 3 aromatic rings. The fourth-order valence-electron chi connectivity index (χ4n) is 4.82. The molecule has 0 heterocycles. The van der Waals surface area contributed by atoms with E-state index in [1.165, 1.54) is 18.2 Å². The fraction of sp³-hybridized carbons (Fsp3) is 0.355. The molecule has 0 unspecified atom stereocenters. The van der Waals surface area contributed by atoms with Crippen LogP contribution in [0.5, 0.6) is 5.75 Å². The van der Waals surface area contributed by atoms with Gasteiger partial charge in [0.1, 0.15) is 11.8 Å². The van der Waals surface area contributed by atoms with Crippen LogP contribution in [0.4, 0.5) is 0 Å². The van der Waals surface area contributed by atoms with Crippen LogP contribution in [0.1, 0.15) is 43.2 Å². The van der Waals surface area contributed by atoms with Crippen molar-refractivity contribution < 1.29 is 14.3 Å². The van der Waals surface area contributed by atoms with Crippen LogP contribution in [-0.2, 0) is 22.6 Å². The fourth-order valence-corrected chi connectivity index (χ4v) is 5.74. The highest BCUT2D eigenvalue weighted by Crippen LogP contribution is 2.24. The van der Waals surface area contributed by atoms with Gasteiger partial charge in [-0.2, -0.15) is 0 Å². The van der Waals surface area contributed by atoms with Crippen LogP contribution >= 0.6 is 23.4 Å². The van der Waals surface area contributed by atoms with Crippen LogP contribution in [0.3, 0.4) is 0 Å². The number of halogens is 1. The molecule has 1 N–H and O–H groups in total. The van der Waals surface area contributed by atoms with Gasteiger partial charge in [-0.1, -0.05) is 73.3 Å². The third-order valence-corrected chi connectivity index (χ3v) is 8.13. The maximum atomic E-state index is 13.8. The number of hydrogen-bond acceptors (Lipinski definition) is 4. The number of benzene rings is 3. The van der Waals surface area contributed by atoms with Gasteiger partial charge in [-0.15, -0.1) is 11.8 Å². The summed E-state index contributed by atoms with van der Waals surface area (Å²) in [5.41, 5.74) is 1.93. The average Bonchev–Trinajstić information content (AvgIpc) is 2.95. The molecular formula is C31H35ClN2O3S. The number of rotatable bonds is 11. The standard InChI is InChI=1S/C31H35ClN2O3S/c1-37-27-14-8-11-24(19-27)21-34(30(35)22-38-28-17-15-25(32)16-18-28)29(20-23-9-4-2-5-10-23)31(36)33-26-12-6-3-7-13-26/h2,4-5,8-11,14-19,26,29H,3,6-7,12-13,20-22H2,1H3,(H,33,36)/t29-/m1/s1. The van der Waals surface area contributed by atoms with E-state index in [0.717, 1.165) is 47.5 Å². The van der Waals surface area contributed by atoms with Crippen LogP contribution in [0.15, 0.2) is 83.8 Å². The Morgan fingerprint density at radius 3 is 2.39 bits per heavy atom. The first-order chi connectivity index (χ1) is 18.5. The van der Waals surface area contributed by atoms with E-state index in [9.17, 15) is 9.59 Å². The Morgan fingerprint density at radius 1 is 0.974 bits per heavy atom. The summed E-state index contributed by atoms with van der Waals surface area (Å²) in [7, 11) is 1.63. The van der Waals surface area contributed by atoms with Crippen molar-refractivity contribution in [3.05, 3.63) is 95.0 Å². The first-order valence-corrected chi connectivity index (χ1v) is 14.5. The molecule has 0 aliphatic heterocycles. The second-order valence-electron chi connectivity index (χ2n) is 9.66. The summed E-state index contributed by atoms with van der Waals surface area (Å²) in [5, 5.41) is 3.94. The van der Waals surface area contributed by atoms with E-state index in [4.69, 9.17) is 16.3 Å². The second-order valence-corrected chi connectivity index (χ2v) is 11.1. The largest absolute Gasteiger partial charge is 0.497 e. The molecule has 0 bridgehead atoms. The van der Waals surface area contributed by atoms with E-state index in [-0.39, 0.29) is 23.6 Å². The van der Waals surface area contributed by atoms with E-state index in [2.05, 4.69) is 5.32 Å². The molecule has 4 rings (SSSR count). The van der Waals surface area contributed by atoms with Crippen LogP contribution in [-0.4, -0.2) is 41.7 Å². The number of carbonyl (C=O) groups is 2. The number of nitrogens with zero attached hydrogens (tertiary/aromatic N) is 1. The molecule has 7 heteroatoms. The quantitative estimate of drug-likeness (QED) is 0.276. The summed E-state index contributed by atoms with van der Waals surface area (Å²) in [4.78, 5) is 30.4. The average molecular weight is 551 g/mol. The molecule has 0 spiro atoms. The van der Waals surface area contributed by atoms with E-state index in [0.29, 0.717) is 18.0 Å². The molecule has 38 heavy (non-hydrogen) atoms. The Bertz CT molecular complexity index is 1180. The summed E-state index contributed by atoms with van der Waals surface area (Å²) in [6.07, 6.45) is 5.87. The Morgan fingerprint density at radius 2 is 1.68 bits per heavy atom. The first kappa shape index (κ1) is 28.1. The molecule has 1 fully saturated rings. The van der Waals surface area contributed by atoms with Gasteiger partial charge in [-0.3, -0.25) is 9.59 Å². The van der Waals surface area contributed by atoms with E-state index < -0.39 is 6.04 Å². The molecule has 0 saturated heterocycles. The van der Waals surface area contributed by atoms with Crippen molar-refractivity contribution in [3.63, 3.8) is 0 Å². The van der Waals surface area contributed by atoms with E-state index in [1.807, 2.05) is 78.9 Å².